The van der Waals surface area contributed by atoms with Crippen molar-refractivity contribution in [1.29, 1.82) is 0 Å². The van der Waals surface area contributed by atoms with E-state index in [-0.39, 0.29) is 15.6 Å². The zero-order valence-corrected chi connectivity index (χ0v) is 15.6. The lowest BCUT2D eigenvalue weighted by Gasteiger charge is -2.27. The molecule has 0 unspecified atom stereocenters. The van der Waals surface area contributed by atoms with E-state index in [0.717, 1.165) is 16.7 Å². The van der Waals surface area contributed by atoms with Gasteiger partial charge >= 0.3 is 5.97 Å². The summed E-state index contributed by atoms with van der Waals surface area (Å²) in [7, 11) is 1.26. The highest BCUT2D eigenvalue weighted by atomic mass is 32.2. The van der Waals surface area contributed by atoms with Crippen LogP contribution in [0, 0.1) is 0 Å². The molecule has 8 nitrogen and oxygen atoms in total. The van der Waals surface area contributed by atoms with Gasteiger partial charge in [0.25, 0.3) is 5.91 Å². The van der Waals surface area contributed by atoms with Crippen LogP contribution in [0.2, 0.25) is 0 Å². The Kier molecular flexibility index (Phi) is 6.70. The number of rotatable bonds is 7. The summed E-state index contributed by atoms with van der Waals surface area (Å²) in [6.45, 7) is 0. The van der Waals surface area contributed by atoms with Gasteiger partial charge in [0.05, 0.1) is 29.6 Å². The average Bonchev–Trinajstić information content (AvgIpc) is 2.89. The third-order valence-corrected chi connectivity index (χ3v) is 4.99. The van der Waals surface area contributed by atoms with Gasteiger partial charge in [0.2, 0.25) is 0 Å². The molecule has 1 fully saturated rings. The third-order valence-electron chi connectivity index (χ3n) is 3.66. The normalized spacial score (nSPS) is 16.5. The molecule has 1 amide bonds. The Balaban J connectivity index is 2.23. The molecule has 142 valence electrons. The van der Waals surface area contributed by atoms with E-state index in [1.54, 1.807) is 12.1 Å². The van der Waals surface area contributed by atoms with Crippen LogP contribution < -0.4 is 10.2 Å². The molecular formula is C17H13NO7S2-2. The molecule has 2 rings (SSSR count). The predicted molar refractivity (Wildman–Crippen MR) is 95.8 cm³/mol. The Hall–Kier alpha value is -2.72. The molecule has 10 heteroatoms. The second-order valence-electron chi connectivity index (χ2n) is 5.41. The third kappa shape index (κ3) is 4.92. The molecule has 1 aromatic rings. The smallest absolute Gasteiger partial charge is 0.337 e. The first-order valence-electron chi connectivity index (χ1n) is 7.60. The van der Waals surface area contributed by atoms with Gasteiger partial charge in [-0.25, -0.2) is 4.79 Å². The number of ether oxygens (including phenoxy) is 1. The lowest BCUT2D eigenvalue weighted by molar-refractivity contribution is -0.311. The van der Waals surface area contributed by atoms with Crippen molar-refractivity contribution in [2.75, 3.05) is 7.11 Å². The average molecular weight is 407 g/mol. The zero-order valence-electron chi connectivity index (χ0n) is 14.0. The summed E-state index contributed by atoms with van der Waals surface area (Å²) in [6, 6.07) is 4.71. The Bertz CT molecular complexity index is 832. The minimum atomic E-state index is -1.60. The van der Waals surface area contributed by atoms with E-state index in [0.29, 0.717) is 11.1 Å². The van der Waals surface area contributed by atoms with Gasteiger partial charge in [0.15, 0.2) is 0 Å². The van der Waals surface area contributed by atoms with Crippen LogP contribution in [0.25, 0.3) is 6.08 Å². The van der Waals surface area contributed by atoms with Crippen molar-refractivity contribution in [3.05, 3.63) is 40.3 Å². The van der Waals surface area contributed by atoms with Gasteiger partial charge in [-0.3, -0.25) is 9.69 Å². The molecule has 1 heterocycles. The summed E-state index contributed by atoms with van der Waals surface area (Å²) in [6.07, 6.45) is 0.563. The van der Waals surface area contributed by atoms with Gasteiger partial charge in [-0.2, -0.15) is 0 Å². The van der Waals surface area contributed by atoms with E-state index in [4.69, 9.17) is 12.2 Å². The van der Waals surface area contributed by atoms with Crippen molar-refractivity contribution in [3.63, 3.8) is 0 Å². The molecule has 1 atom stereocenters. The fraction of sp³-hybridized carbons (Fsp3) is 0.235. The van der Waals surface area contributed by atoms with E-state index in [1.165, 1.54) is 25.3 Å². The largest absolute Gasteiger partial charge is 0.550 e. The van der Waals surface area contributed by atoms with Gasteiger partial charge in [-0.15, -0.1) is 0 Å². The van der Waals surface area contributed by atoms with Gasteiger partial charge in [0, 0.05) is 5.97 Å². The summed E-state index contributed by atoms with van der Waals surface area (Å²) < 4.78 is 4.59. The summed E-state index contributed by atoms with van der Waals surface area (Å²) in [5.41, 5.74) is 0.921. The molecule has 1 saturated heterocycles. The number of thiocarbonyl (C=S) groups is 1. The van der Waals surface area contributed by atoms with Crippen LogP contribution in [-0.4, -0.2) is 46.2 Å². The van der Waals surface area contributed by atoms with Gasteiger partial charge in [-0.05, 0) is 36.6 Å². The Morgan fingerprint density at radius 2 is 1.89 bits per heavy atom. The zero-order chi connectivity index (χ0) is 20.1. The number of methoxy groups -OCH3 is 1. The predicted octanol–water partition coefficient (Wildman–Crippen LogP) is -0.677. The van der Waals surface area contributed by atoms with E-state index in [1.807, 2.05) is 0 Å². The number of esters is 1. The number of benzene rings is 1. The van der Waals surface area contributed by atoms with Crippen molar-refractivity contribution in [3.8, 4) is 0 Å². The first kappa shape index (κ1) is 20.6. The first-order chi connectivity index (χ1) is 12.7. The Morgan fingerprint density at radius 3 is 2.41 bits per heavy atom. The second kappa shape index (κ2) is 8.78. The molecule has 0 bridgehead atoms. The number of carboxylic acid groups (broad SMARTS) is 2. The maximum absolute atomic E-state index is 12.6. The number of thioether (sulfide) groups is 1. The summed E-state index contributed by atoms with van der Waals surface area (Å²) in [5.74, 6) is -4.20. The number of carbonyl (C=O) groups is 4. The number of carbonyl (C=O) groups excluding carboxylic acids is 4. The standard InChI is InChI=1S/C17H15NO7S2/c1-25-16(24)10-4-2-9(3-5-10)8-12-14(21)18(17(26)27-12)11(15(22)23)6-7-13(19)20/h2-5,8,11H,6-7H2,1H3,(H,19,20)(H,22,23)/p-2/b12-8-/t11-/m0/s1. The Morgan fingerprint density at radius 1 is 1.26 bits per heavy atom. The van der Waals surface area contributed by atoms with Crippen LogP contribution in [0.4, 0.5) is 0 Å². The van der Waals surface area contributed by atoms with Crippen LogP contribution in [0.5, 0.6) is 0 Å². The van der Waals surface area contributed by atoms with Crippen LogP contribution >= 0.6 is 24.0 Å². The quantitative estimate of drug-likeness (QED) is 0.328. The highest BCUT2D eigenvalue weighted by molar-refractivity contribution is 8.26. The lowest BCUT2D eigenvalue weighted by Crippen LogP contribution is -2.50. The van der Waals surface area contributed by atoms with Crippen molar-refractivity contribution < 1.29 is 34.1 Å². The van der Waals surface area contributed by atoms with Gasteiger partial charge in [-0.1, -0.05) is 36.1 Å². The highest BCUT2D eigenvalue weighted by Gasteiger charge is 2.37. The topological polar surface area (TPSA) is 127 Å². The van der Waals surface area contributed by atoms with Crippen LogP contribution in [0.3, 0.4) is 0 Å². The molecule has 1 aliphatic heterocycles. The van der Waals surface area contributed by atoms with Crippen molar-refractivity contribution in [2.45, 2.75) is 18.9 Å². The van der Waals surface area contributed by atoms with Crippen LogP contribution in [0.15, 0.2) is 29.2 Å². The maximum Gasteiger partial charge on any atom is 0.337 e. The molecule has 0 N–H and O–H groups in total. The fourth-order valence-corrected chi connectivity index (χ4v) is 3.70. The molecule has 0 spiro atoms. The lowest BCUT2D eigenvalue weighted by atomic mass is 10.1. The van der Waals surface area contributed by atoms with E-state index >= 15 is 0 Å². The molecule has 0 aliphatic carbocycles. The molecule has 0 radical (unpaired) electrons. The monoisotopic (exact) mass is 407 g/mol. The molecule has 0 saturated carbocycles. The van der Waals surface area contributed by atoms with Crippen molar-refractivity contribution in [1.82, 2.24) is 4.90 Å². The minimum absolute atomic E-state index is 0.00928. The van der Waals surface area contributed by atoms with Gasteiger partial charge in [0.1, 0.15) is 4.32 Å². The number of aliphatic carboxylic acids is 2. The maximum atomic E-state index is 12.6. The molecule has 1 aromatic carbocycles. The summed E-state index contributed by atoms with van der Waals surface area (Å²) in [5, 5.41) is 21.9. The highest BCUT2D eigenvalue weighted by Crippen LogP contribution is 2.34. The first-order valence-corrected chi connectivity index (χ1v) is 8.83. The number of nitrogens with zero attached hydrogens (tertiary/aromatic N) is 1. The van der Waals surface area contributed by atoms with Crippen molar-refractivity contribution in [2.24, 2.45) is 0 Å². The van der Waals surface area contributed by atoms with Crippen molar-refractivity contribution >= 4 is 58.2 Å². The van der Waals surface area contributed by atoms with E-state index in [9.17, 15) is 29.4 Å². The molecule has 1 aliphatic rings. The van der Waals surface area contributed by atoms with Gasteiger partial charge < -0.3 is 24.5 Å². The SMILES string of the molecule is COC(=O)c1ccc(/C=C2\SC(=S)N([C@@H](CCC(=O)[O-])C(=O)[O-])C2=O)cc1. The van der Waals surface area contributed by atoms with E-state index < -0.39 is 36.3 Å². The number of hydrogen-bond donors (Lipinski definition) is 0. The molecule has 27 heavy (non-hydrogen) atoms. The fourth-order valence-electron chi connectivity index (χ4n) is 2.34. The number of carboxylic acids is 2. The minimum Gasteiger partial charge on any atom is -0.550 e. The summed E-state index contributed by atoms with van der Waals surface area (Å²) in [4.78, 5) is 46.9. The number of amides is 1. The Labute approximate surface area is 163 Å². The molecule has 0 aromatic heterocycles. The molecular weight excluding hydrogens is 394 g/mol. The summed E-state index contributed by atoms with van der Waals surface area (Å²) >= 11 is 5.96. The number of hydrogen-bond acceptors (Lipinski definition) is 9. The van der Waals surface area contributed by atoms with Crippen LogP contribution in [0.1, 0.15) is 28.8 Å². The second-order valence-corrected chi connectivity index (χ2v) is 7.09. The van der Waals surface area contributed by atoms with E-state index in [2.05, 4.69) is 4.74 Å². The van der Waals surface area contributed by atoms with Crippen LogP contribution in [-0.2, 0) is 19.1 Å².